The summed E-state index contributed by atoms with van der Waals surface area (Å²) in [6, 6.07) is 0.342. The zero-order valence-corrected chi connectivity index (χ0v) is 12.0. The van der Waals surface area contributed by atoms with Crippen molar-refractivity contribution in [1.29, 1.82) is 0 Å². The number of likely N-dealkylation sites (N-methyl/N-ethyl adjacent to an activating group) is 2. The van der Waals surface area contributed by atoms with Crippen molar-refractivity contribution in [2.75, 3.05) is 37.8 Å². The van der Waals surface area contributed by atoms with Crippen molar-refractivity contribution >= 4 is 17.3 Å². The molecular formula is C13H22N6. The van der Waals surface area contributed by atoms with Crippen molar-refractivity contribution in [2.45, 2.75) is 19.9 Å². The number of nitrogens with zero attached hydrogens (tertiary/aromatic N) is 5. The topological polar surface area (TPSA) is 62.7 Å². The van der Waals surface area contributed by atoms with E-state index in [0.717, 1.165) is 24.6 Å². The first-order chi connectivity index (χ1) is 9.02. The van der Waals surface area contributed by atoms with Crippen LogP contribution < -0.4 is 10.6 Å². The number of aromatic nitrogens is 3. The molecule has 2 N–H and O–H groups in total. The molecule has 0 aromatic carbocycles. The summed E-state index contributed by atoms with van der Waals surface area (Å²) in [4.78, 5) is 13.3. The first-order valence-electron chi connectivity index (χ1n) is 6.53. The Kier molecular flexibility index (Phi) is 3.90. The van der Waals surface area contributed by atoms with E-state index in [-0.39, 0.29) is 0 Å². The smallest absolute Gasteiger partial charge is 0.180 e. The van der Waals surface area contributed by atoms with Gasteiger partial charge in [0, 0.05) is 31.5 Å². The largest absolute Gasteiger partial charge is 0.382 e. The molecule has 2 heterocycles. The number of nitrogen functional groups attached to an aromatic ring is 1. The molecular weight excluding hydrogens is 240 g/mol. The van der Waals surface area contributed by atoms with E-state index in [1.807, 2.05) is 10.6 Å². The van der Waals surface area contributed by atoms with Gasteiger partial charge in [-0.2, -0.15) is 0 Å². The summed E-state index contributed by atoms with van der Waals surface area (Å²) >= 11 is 0. The lowest BCUT2D eigenvalue weighted by Gasteiger charge is -2.31. The summed E-state index contributed by atoms with van der Waals surface area (Å²) in [7, 11) is 4.14. The Morgan fingerprint density at radius 2 is 2.16 bits per heavy atom. The van der Waals surface area contributed by atoms with E-state index in [4.69, 9.17) is 5.73 Å². The molecule has 0 saturated heterocycles. The van der Waals surface area contributed by atoms with Gasteiger partial charge in [0.25, 0.3) is 0 Å². The van der Waals surface area contributed by atoms with Gasteiger partial charge in [0.2, 0.25) is 0 Å². The second-order valence-corrected chi connectivity index (χ2v) is 5.04. The minimum absolute atomic E-state index is 0.342. The molecule has 6 heteroatoms. The van der Waals surface area contributed by atoms with Gasteiger partial charge in [-0.1, -0.05) is 0 Å². The standard InChI is InChI=1S/C13H22N6/c1-5-19(10(2)8-17(3)4)13-12-15-6-7-18(12)9-11(14)16-13/h6-7,9-10H,5,8,14H2,1-4H3. The minimum atomic E-state index is 0.342. The maximum Gasteiger partial charge on any atom is 0.180 e. The van der Waals surface area contributed by atoms with E-state index in [1.54, 1.807) is 12.4 Å². The molecule has 0 amide bonds. The molecule has 2 aromatic rings. The third-order valence-corrected chi connectivity index (χ3v) is 3.15. The van der Waals surface area contributed by atoms with Crippen LogP contribution in [0.4, 0.5) is 11.6 Å². The van der Waals surface area contributed by atoms with E-state index in [2.05, 4.69) is 47.7 Å². The lowest BCUT2D eigenvalue weighted by molar-refractivity contribution is 0.372. The highest BCUT2D eigenvalue weighted by Crippen LogP contribution is 2.21. The molecule has 1 atom stereocenters. The Balaban J connectivity index is 2.42. The second-order valence-electron chi connectivity index (χ2n) is 5.04. The number of fused-ring (bicyclic) bond motifs is 1. The maximum atomic E-state index is 5.88. The highest BCUT2D eigenvalue weighted by atomic mass is 15.3. The van der Waals surface area contributed by atoms with Crippen LogP contribution in [0, 0.1) is 0 Å². The second kappa shape index (κ2) is 5.44. The number of anilines is 2. The third kappa shape index (κ3) is 2.78. The molecule has 104 valence electrons. The van der Waals surface area contributed by atoms with Crippen molar-refractivity contribution in [3.8, 4) is 0 Å². The number of hydrogen-bond donors (Lipinski definition) is 1. The van der Waals surface area contributed by atoms with E-state index >= 15 is 0 Å². The number of hydrogen-bond acceptors (Lipinski definition) is 5. The van der Waals surface area contributed by atoms with Crippen LogP contribution >= 0.6 is 0 Å². The molecule has 2 rings (SSSR count). The van der Waals surface area contributed by atoms with Crippen LogP contribution in [0.3, 0.4) is 0 Å². The van der Waals surface area contributed by atoms with Crippen molar-refractivity contribution in [3.63, 3.8) is 0 Å². The van der Waals surface area contributed by atoms with Crippen LogP contribution in [-0.2, 0) is 0 Å². The first-order valence-corrected chi connectivity index (χ1v) is 6.53. The zero-order valence-electron chi connectivity index (χ0n) is 12.0. The van der Waals surface area contributed by atoms with Gasteiger partial charge in [-0.15, -0.1) is 0 Å². The van der Waals surface area contributed by atoms with Crippen LogP contribution in [0.5, 0.6) is 0 Å². The van der Waals surface area contributed by atoms with Crippen LogP contribution in [0.25, 0.3) is 5.65 Å². The molecule has 19 heavy (non-hydrogen) atoms. The molecule has 2 aromatic heterocycles. The van der Waals surface area contributed by atoms with Gasteiger partial charge in [-0.3, -0.25) is 0 Å². The minimum Gasteiger partial charge on any atom is -0.382 e. The fraction of sp³-hybridized carbons (Fsp3) is 0.538. The van der Waals surface area contributed by atoms with Gasteiger partial charge >= 0.3 is 0 Å². The number of imidazole rings is 1. The van der Waals surface area contributed by atoms with Crippen LogP contribution in [0.1, 0.15) is 13.8 Å². The third-order valence-electron chi connectivity index (χ3n) is 3.15. The molecule has 6 nitrogen and oxygen atoms in total. The Morgan fingerprint density at radius 1 is 1.42 bits per heavy atom. The zero-order chi connectivity index (χ0) is 14.0. The quantitative estimate of drug-likeness (QED) is 0.874. The predicted octanol–water partition coefficient (Wildman–Crippen LogP) is 1.09. The molecule has 0 bridgehead atoms. The molecule has 0 aliphatic rings. The lowest BCUT2D eigenvalue weighted by atomic mass is 10.2. The molecule has 0 aliphatic heterocycles. The van der Waals surface area contributed by atoms with Crippen molar-refractivity contribution in [2.24, 2.45) is 0 Å². The van der Waals surface area contributed by atoms with Crippen molar-refractivity contribution < 1.29 is 0 Å². The van der Waals surface area contributed by atoms with Gasteiger partial charge in [0.1, 0.15) is 5.82 Å². The highest BCUT2D eigenvalue weighted by Gasteiger charge is 2.19. The fourth-order valence-electron chi connectivity index (χ4n) is 2.42. The summed E-state index contributed by atoms with van der Waals surface area (Å²) in [5, 5.41) is 0. The number of rotatable bonds is 5. The van der Waals surface area contributed by atoms with Crippen molar-refractivity contribution in [3.05, 3.63) is 18.6 Å². The molecule has 0 spiro atoms. The number of nitrogens with two attached hydrogens (primary N) is 1. The van der Waals surface area contributed by atoms with Gasteiger partial charge in [0.15, 0.2) is 11.5 Å². The summed E-state index contributed by atoms with van der Waals surface area (Å²) < 4.78 is 1.92. The van der Waals surface area contributed by atoms with Gasteiger partial charge in [0.05, 0.1) is 6.20 Å². The monoisotopic (exact) mass is 262 g/mol. The summed E-state index contributed by atoms with van der Waals surface area (Å²) in [5.74, 6) is 1.36. The van der Waals surface area contributed by atoms with Crippen LogP contribution in [0.2, 0.25) is 0 Å². The maximum absolute atomic E-state index is 5.88. The Labute approximate surface area is 113 Å². The fourth-order valence-corrected chi connectivity index (χ4v) is 2.42. The van der Waals surface area contributed by atoms with E-state index in [9.17, 15) is 0 Å². The molecule has 0 radical (unpaired) electrons. The molecule has 0 saturated carbocycles. The molecule has 1 unspecified atom stereocenters. The average molecular weight is 262 g/mol. The normalized spacial score (nSPS) is 13.1. The van der Waals surface area contributed by atoms with E-state index < -0.39 is 0 Å². The highest BCUT2D eigenvalue weighted by molar-refractivity contribution is 5.66. The van der Waals surface area contributed by atoms with Crippen LogP contribution in [-0.4, -0.2) is 52.5 Å². The molecule has 0 fully saturated rings. The summed E-state index contributed by atoms with van der Waals surface area (Å²) in [6.45, 7) is 6.13. The van der Waals surface area contributed by atoms with Gasteiger partial charge in [-0.25, -0.2) is 9.97 Å². The lowest BCUT2D eigenvalue weighted by Crippen LogP contribution is -2.40. The Hall–Kier alpha value is -1.82. The van der Waals surface area contributed by atoms with Crippen molar-refractivity contribution in [1.82, 2.24) is 19.3 Å². The van der Waals surface area contributed by atoms with E-state index in [0.29, 0.717) is 11.9 Å². The Morgan fingerprint density at radius 3 is 2.79 bits per heavy atom. The summed E-state index contributed by atoms with van der Waals surface area (Å²) in [5.41, 5.74) is 6.73. The van der Waals surface area contributed by atoms with Gasteiger partial charge < -0.3 is 19.9 Å². The van der Waals surface area contributed by atoms with Gasteiger partial charge in [-0.05, 0) is 27.9 Å². The first kappa shape index (κ1) is 13.6. The SMILES string of the molecule is CCN(c1nc(N)cn2ccnc12)C(C)CN(C)C. The van der Waals surface area contributed by atoms with E-state index in [1.165, 1.54) is 0 Å². The Bertz CT molecular complexity index is 547. The van der Waals surface area contributed by atoms with Crippen LogP contribution in [0.15, 0.2) is 18.6 Å². The average Bonchev–Trinajstić information content (AvgIpc) is 2.76. The summed E-state index contributed by atoms with van der Waals surface area (Å²) in [6.07, 6.45) is 5.45. The predicted molar refractivity (Wildman–Crippen MR) is 78.4 cm³/mol. The molecule has 0 aliphatic carbocycles.